The molecule has 1 unspecified atom stereocenters. The van der Waals surface area contributed by atoms with E-state index in [4.69, 9.17) is 4.74 Å². The van der Waals surface area contributed by atoms with E-state index in [-0.39, 0.29) is 0 Å². The van der Waals surface area contributed by atoms with E-state index in [1.54, 1.807) is 18.5 Å². The van der Waals surface area contributed by atoms with Crippen molar-refractivity contribution in [2.75, 3.05) is 6.61 Å². The Hall–Kier alpha value is -0.910. The second-order valence-corrected chi connectivity index (χ2v) is 5.82. The van der Waals surface area contributed by atoms with E-state index in [1.165, 1.54) is 0 Å². The summed E-state index contributed by atoms with van der Waals surface area (Å²) in [5.74, 6) is 0.660. The van der Waals surface area contributed by atoms with Gasteiger partial charge in [-0.2, -0.15) is 0 Å². The summed E-state index contributed by atoms with van der Waals surface area (Å²) >= 11 is 6.82. The van der Waals surface area contributed by atoms with Crippen molar-refractivity contribution in [3.05, 3.63) is 56.7 Å². The summed E-state index contributed by atoms with van der Waals surface area (Å²) in [5, 5.41) is 10.4. The molecule has 0 fully saturated rings. The average molecular weight is 387 g/mol. The molecule has 0 aliphatic rings. The number of hydrogen-bond donors (Lipinski definition) is 1. The van der Waals surface area contributed by atoms with Crippen LogP contribution in [0.4, 0.5) is 0 Å². The summed E-state index contributed by atoms with van der Waals surface area (Å²) in [6.07, 6.45) is 2.54. The molecule has 2 aromatic rings. The third-order valence-electron chi connectivity index (χ3n) is 2.56. The first-order valence-electron chi connectivity index (χ1n) is 5.82. The summed E-state index contributed by atoms with van der Waals surface area (Å²) in [6.45, 7) is 2.48. The predicted octanol–water partition coefficient (Wildman–Crippen LogP) is 4.09. The molecule has 1 N–H and O–H groups in total. The van der Waals surface area contributed by atoms with Crippen LogP contribution in [0.2, 0.25) is 0 Å². The van der Waals surface area contributed by atoms with Gasteiger partial charge in [0.15, 0.2) is 0 Å². The second-order valence-electron chi connectivity index (χ2n) is 3.99. The van der Waals surface area contributed by atoms with Crippen molar-refractivity contribution >= 4 is 31.9 Å². The fraction of sp³-hybridized carbons (Fsp3) is 0.214. The van der Waals surface area contributed by atoms with Crippen LogP contribution < -0.4 is 4.74 Å². The Kier molecular flexibility index (Phi) is 4.96. The van der Waals surface area contributed by atoms with Crippen molar-refractivity contribution in [1.29, 1.82) is 0 Å². The zero-order valence-corrected chi connectivity index (χ0v) is 13.5. The number of pyridine rings is 1. The van der Waals surface area contributed by atoms with E-state index < -0.39 is 6.10 Å². The number of rotatable bonds is 4. The van der Waals surface area contributed by atoms with Crippen molar-refractivity contribution < 1.29 is 9.84 Å². The number of benzene rings is 1. The number of hydrogen-bond acceptors (Lipinski definition) is 3. The van der Waals surface area contributed by atoms with E-state index in [0.717, 1.165) is 14.5 Å². The number of ether oxygens (including phenoxy) is 1. The van der Waals surface area contributed by atoms with Gasteiger partial charge in [0.1, 0.15) is 11.9 Å². The lowest BCUT2D eigenvalue weighted by Gasteiger charge is -2.13. The van der Waals surface area contributed by atoms with E-state index in [1.807, 2.05) is 25.1 Å². The summed E-state index contributed by atoms with van der Waals surface area (Å²) in [7, 11) is 0. The molecule has 1 atom stereocenters. The van der Waals surface area contributed by atoms with Gasteiger partial charge in [0, 0.05) is 20.7 Å². The van der Waals surface area contributed by atoms with Crippen LogP contribution in [-0.4, -0.2) is 16.7 Å². The monoisotopic (exact) mass is 385 g/mol. The van der Waals surface area contributed by atoms with E-state index in [2.05, 4.69) is 36.8 Å². The van der Waals surface area contributed by atoms with Gasteiger partial charge in [-0.25, -0.2) is 0 Å². The Morgan fingerprint density at radius 3 is 2.42 bits per heavy atom. The van der Waals surface area contributed by atoms with Crippen LogP contribution in [0.15, 0.2) is 45.6 Å². The Labute approximate surface area is 128 Å². The highest BCUT2D eigenvalue weighted by molar-refractivity contribution is 9.11. The summed E-state index contributed by atoms with van der Waals surface area (Å²) < 4.78 is 7.20. The highest BCUT2D eigenvalue weighted by Gasteiger charge is 2.13. The van der Waals surface area contributed by atoms with Crippen molar-refractivity contribution in [2.24, 2.45) is 0 Å². The molecule has 1 heterocycles. The third-order valence-corrected chi connectivity index (χ3v) is 3.48. The van der Waals surface area contributed by atoms with Gasteiger partial charge in [0.25, 0.3) is 0 Å². The molecule has 0 bridgehead atoms. The van der Waals surface area contributed by atoms with Crippen LogP contribution in [0.25, 0.3) is 0 Å². The number of aliphatic hydroxyl groups is 1. The minimum atomic E-state index is -0.735. The Balaban J connectivity index is 2.32. The number of aromatic nitrogens is 1. The molecular formula is C14H13Br2NO2. The molecule has 3 nitrogen and oxygen atoms in total. The van der Waals surface area contributed by atoms with Gasteiger partial charge in [-0.1, -0.05) is 31.9 Å². The topological polar surface area (TPSA) is 42.4 Å². The molecule has 0 saturated heterocycles. The van der Waals surface area contributed by atoms with Crippen LogP contribution in [0.3, 0.4) is 0 Å². The van der Waals surface area contributed by atoms with Gasteiger partial charge in [-0.3, -0.25) is 4.98 Å². The maximum absolute atomic E-state index is 10.4. The van der Waals surface area contributed by atoms with Crippen molar-refractivity contribution in [1.82, 2.24) is 4.98 Å². The van der Waals surface area contributed by atoms with Crippen LogP contribution in [0.1, 0.15) is 24.2 Å². The van der Waals surface area contributed by atoms with Crippen LogP contribution in [-0.2, 0) is 0 Å². The molecule has 0 amide bonds. The predicted molar refractivity (Wildman–Crippen MR) is 81.3 cm³/mol. The Morgan fingerprint density at radius 2 is 1.79 bits per heavy atom. The first kappa shape index (κ1) is 14.5. The molecule has 1 aromatic carbocycles. The highest BCUT2D eigenvalue weighted by atomic mass is 79.9. The minimum absolute atomic E-state index is 0.573. The van der Waals surface area contributed by atoms with Crippen molar-refractivity contribution in [2.45, 2.75) is 13.0 Å². The van der Waals surface area contributed by atoms with Gasteiger partial charge in [0.2, 0.25) is 0 Å². The normalized spacial score (nSPS) is 12.2. The van der Waals surface area contributed by atoms with E-state index in [9.17, 15) is 5.11 Å². The van der Waals surface area contributed by atoms with Crippen LogP contribution >= 0.6 is 31.9 Å². The zero-order chi connectivity index (χ0) is 13.8. The molecule has 0 radical (unpaired) electrons. The first-order chi connectivity index (χ1) is 9.10. The van der Waals surface area contributed by atoms with E-state index >= 15 is 0 Å². The largest absolute Gasteiger partial charge is 0.492 e. The molecule has 100 valence electrons. The smallest absolute Gasteiger partial charge is 0.137 e. The third kappa shape index (κ3) is 3.78. The van der Waals surface area contributed by atoms with Gasteiger partial charge < -0.3 is 9.84 Å². The second kappa shape index (κ2) is 6.50. The molecular weight excluding hydrogens is 374 g/mol. The fourth-order valence-electron chi connectivity index (χ4n) is 1.76. The zero-order valence-electron chi connectivity index (χ0n) is 10.3. The lowest BCUT2D eigenvalue weighted by atomic mass is 10.0. The fourth-order valence-corrected chi connectivity index (χ4v) is 3.09. The minimum Gasteiger partial charge on any atom is -0.492 e. The standard InChI is InChI=1S/C14H13Br2NO2/c1-2-19-13-5-10(7-17-8-13)14(18)9-3-11(15)6-12(16)4-9/h3-8,14,18H,2H2,1H3. The molecule has 0 aliphatic heterocycles. The maximum Gasteiger partial charge on any atom is 0.137 e. The molecule has 19 heavy (non-hydrogen) atoms. The summed E-state index contributed by atoms with van der Waals surface area (Å²) in [4.78, 5) is 4.09. The number of nitrogens with zero attached hydrogens (tertiary/aromatic N) is 1. The lowest BCUT2D eigenvalue weighted by molar-refractivity contribution is 0.219. The molecule has 0 saturated carbocycles. The maximum atomic E-state index is 10.4. The molecule has 0 spiro atoms. The number of aliphatic hydroxyl groups excluding tert-OH is 1. The average Bonchev–Trinajstić information content (AvgIpc) is 2.37. The SMILES string of the molecule is CCOc1cncc(C(O)c2cc(Br)cc(Br)c2)c1. The van der Waals surface area contributed by atoms with Crippen LogP contribution in [0, 0.1) is 0 Å². The Morgan fingerprint density at radius 1 is 1.11 bits per heavy atom. The van der Waals surface area contributed by atoms with Gasteiger partial charge >= 0.3 is 0 Å². The molecule has 0 aliphatic carbocycles. The molecule has 2 rings (SSSR count). The summed E-state index contributed by atoms with van der Waals surface area (Å²) in [6, 6.07) is 7.48. The quantitative estimate of drug-likeness (QED) is 0.860. The van der Waals surface area contributed by atoms with E-state index in [0.29, 0.717) is 17.9 Å². The Bertz CT molecular complexity index is 555. The van der Waals surface area contributed by atoms with Crippen LogP contribution in [0.5, 0.6) is 5.75 Å². The first-order valence-corrected chi connectivity index (χ1v) is 7.40. The lowest BCUT2D eigenvalue weighted by Crippen LogP contribution is -2.02. The van der Waals surface area contributed by atoms with Gasteiger partial charge in [-0.05, 0) is 36.8 Å². The van der Waals surface area contributed by atoms with Gasteiger partial charge in [0.05, 0.1) is 12.8 Å². The highest BCUT2D eigenvalue weighted by Crippen LogP contribution is 2.29. The van der Waals surface area contributed by atoms with Gasteiger partial charge in [-0.15, -0.1) is 0 Å². The molecule has 1 aromatic heterocycles. The number of halogens is 2. The summed E-state index contributed by atoms with van der Waals surface area (Å²) in [5.41, 5.74) is 1.49. The van der Waals surface area contributed by atoms with Crippen molar-refractivity contribution in [3.8, 4) is 5.75 Å². The molecule has 5 heteroatoms. The van der Waals surface area contributed by atoms with Crippen molar-refractivity contribution in [3.63, 3.8) is 0 Å².